The van der Waals surface area contributed by atoms with Crippen LogP contribution in [-0.2, 0) is 36.5 Å². The second-order valence-electron chi connectivity index (χ2n) is 14.6. The van der Waals surface area contributed by atoms with E-state index in [1.807, 2.05) is 0 Å². The van der Waals surface area contributed by atoms with Gasteiger partial charge < -0.3 is 0 Å². The molecule has 4 aliphatic carbocycles. The van der Waals surface area contributed by atoms with E-state index in [4.69, 9.17) is 23.2 Å². The van der Waals surface area contributed by atoms with Gasteiger partial charge in [-0.2, -0.15) is 0 Å². The third-order valence-electron chi connectivity index (χ3n) is 12.5. The van der Waals surface area contributed by atoms with Gasteiger partial charge in [0.05, 0.1) is 20.9 Å². The summed E-state index contributed by atoms with van der Waals surface area (Å²) in [6, 6.07) is 49.8. The van der Waals surface area contributed by atoms with E-state index in [2.05, 4.69) is 165 Å². The third-order valence-corrected chi connectivity index (χ3v) is 14.4. The zero-order valence-electron chi connectivity index (χ0n) is 28.0. The molecule has 250 valence electrons. The molecule has 2 spiro atoms. The minimum atomic E-state index is -0.681. The molecule has 0 nitrogen and oxygen atoms in total. The lowest BCUT2D eigenvalue weighted by atomic mass is 9.61. The molecule has 0 amide bonds. The van der Waals surface area contributed by atoms with Crippen molar-refractivity contribution in [1.82, 2.24) is 0 Å². The van der Waals surface area contributed by atoms with Gasteiger partial charge in [0, 0.05) is 8.95 Å². The van der Waals surface area contributed by atoms with Gasteiger partial charge >= 0.3 is 0 Å². The Labute approximate surface area is 330 Å². The van der Waals surface area contributed by atoms with Gasteiger partial charge in [-0.15, -0.1) is 0 Å². The molecule has 0 bridgehead atoms. The Balaban J connectivity index is 1.40. The van der Waals surface area contributed by atoms with Gasteiger partial charge in [-0.05, 0) is 139 Å². The lowest BCUT2D eigenvalue weighted by molar-refractivity contribution is 0.720. The molecule has 0 aromatic heterocycles. The van der Waals surface area contributed by atoms with Crippen molar-refractivity contribution in [2.24, 2.45) is 0 Å². The van der Waals surface area contributed by atoms with Crippen molar-refractivity contribution in [2.75, 3.05) is 0 Å². The van der Waals surface area contributed by atoms with Crippen LogP contribution in [0.25, 0.3) is 22.3 Å². The van der Waals surface area contributed by atoms with Gasteiger partial charge in [0.2, 0.25) is 0 Å². The highest BCUT2D eigenvalue weighted by Crippen LogP contribution is 2.65. The summed E-state index contributed by atoms with van der Waals surface area (Å²) >= 11 is 23.7. The Morgan fingerprint density at radius 3 is 1.21 bits per heavy atom. The van der Waals surface area contributed by atoms with E-state index < -0.39 is 10.8 Å². The highest BCUT2D eigenvalue weighted by molar-refractivity contribution is 9.10. The van der Waals surface area contributed by atoms with Gasteiger partial charge in [-0.3, -0.25) is 0 Å². The zero-order valence-corrected chi connectivity index (χ0v) is 32.7. The Morgan fingerprint density at radius 2 is 0.769 bits per heavy atom. The summed E-state index contributed by atoms with van der Waals surface area (Å²) in [5, 5.41) is 1.36. The lowest BCUT2D eigenvalue weighted by Crippen LogP contribution is -2.35. The fourth-order valence-corrected chi connectivity index (χ4v) is 12.1. The highest BCUT2D eigenvalue weighted by atomic mass is 79.9. The third kappa shape index (κ3) is 3.84. The first-order valence-electron chi connectivity index (χ1n) is 18.0. The summed E-state index contributed by atoms with van der Waals surface area (Å²) in [5.41, 5.74) is 19.1. The van der Waals surface area contributed by atoms with E-state index in [9.17, 15) is 0 Å². The largest absolute Gasteiger partial charge is 0.0824 e. The maximum absolute atomic E-state index is 7.96. The van der Waals surface area contributed by atoms with Crippen molar-refractivity contribution in [2.45, 2.75) is 36.5 Å². The van der Waals surface area contributed by atoms with E-state index in [1.165, 1.54) is 83.5 Å². The second kappa shape index (κ2) is 11.3. The first-order valence-corrected chi connectivity index (χ1v) is 20.3. The molecule has 0 saturated heterocycles. The SMILES string of the molecule is Clc1c(Cl)c2c(c3c1CCc1ccc(Br)cc1C31c3ccccc3-c3ccccc31)CCc1ccc(Br)cc1C21c2ccccc2-c2ccccc21. The van der Waals surface area contributed by atoms with Crippen LogP contribution in [0.5, 0.6) is 0 Å². The predicted molar refractivity (Wildman–Crippen MR) is 221 cm³/mol. The van der Waals surface area contributed by atoms with Crippen molar-refractivity contribution in [3.8, 4) is 22.3 Å². The van der Waals surface area contributed by atoms with Crippen LogP contribution < -0.4 is 0 Å². The fourth-order valence-electron chi connectivity index (χ4n) is 10.7. The number of hydrogen-bond acceptors (Lipinski definition) is 0. The number of halogens is 4. The Hall–Kier alpha value is -3.92. The maximum atomic E-state index is 7.96. The van der Waals surface area contributed by atoms with Gasteiger partial charge in [0.25, 0.3) is 0 Å². The standard InChI is InChI=1S/C48H30Br2Cl2/c49-29-22-18-28-20-24-36-43(47(41(28)25-29)37-13-5-1-9-31(37)32-10-2-6-14-38(32)47)35-23-19-27-17-21-30(50)26-42(27)48(44(35)46(52)45(36)51)39-15-7-3-11-33(39)34-12-4-8-16-40(34)48/h1-18,21-22,25-26H,19-20,23-24H2. The molecule has 0 radical (unpaired) electrons. The number of rotatable bonds is 0. The maximum Gasteiger partial charge on any atom is 0.0734 e. The van der Waals surface area contributed by atoms with Crippen LogP contribution >= 0.6 is 55.1 Å². The molecule has 0 saturated carbocycles. The number of fused-ring (bicyclic) bond motifs is 19. The molecule has 0 unspecified atom stereocenters. The summed E-state index contributed by atoms with van der Waals surface area (Å²) < 4.78 is 2.14. The molecule has 52 heavy (non-hydrogen) atoms. The Bertz CT molecular complexity index is 2620. The molecular weight excluding hydrogens is 807 g/mol. The Morgan fingerprint density at radius 1 is 0.385 bits per heavy atom. The van der Waals surface area contributed by atoms with Gasteiger partial charge in [0.1, 0.15) is 0 Å². The van der Waals surface area contributed by atoms with Gasteiger partial charge in [-0.1, -0.05) is 164 Å². The molecule has 0 atom stereocenters. The average molecular weight is 837 g/mol. The van der Waals surface area contributed by atoms with Crippen molar-refractivity contribution >= 4 is 55.1 Å². The van der Waals surface area contributed by atoms with Crippen molar-refractivity contribution in [3.05, 3.63) is 219 Å². The van der Waals surface area contributed by atoms with Gasteiger partial charge in [0.15, 0.2) is 0 Å². The van der Waals surface area contributed by atoms with Crippen LogP contribution in [0.4, 0.5) is 0 Å². The van der Waals surface area contributed by atoms with E-state index in [-0.39, 0.29) is 0 Å². The molecule has 0 aliphatic heterocycles. The Kier molecular flexibility index (Phi) is 6.86. The van der Waals surface area contributed by atoms with Crippen molar-refractivity contribution < 1.29 is 0 Å². The summed E-state index contributed by atoms with van der Waals surface area (Å²) in [5.74, 6) is 0. The smallest absolute Gasteiger partial charge is 0.0734 e. The normalized spacial score (nSPS) is 16.1. The first-order chi connectivity index (χ1) is 25.5. The molecule has 4 heteroatoms. The average Bonchev–Trinajstić information content (AvgIpc) is 3.50. The zero-order chi connectivity index (χ0) is 34.9. The fraction of sp³-hybridized carbons (Fsp3) is 0.125. The number of benzene rings is 7. The summed E-state index contributed by atoms with van der Waals surface area (Å²) in [4.78, 5) is 0. The van der Waals surface area contributed by atoms with Crippen LogP contribution in [-0.4, -0.2) is 0 Å². The number of hydrogen-bond donors (Lipinski definition) is 0. The quantitative estimate of drug-likeness (QED) is 0.143. The molecule has 7 aromatic rings. The molecule has 0 fully saturated rings. The first kappa shape index (κ1) is 31.6. The lowest BCUT2D eigenvalue weighted by Gasteiger charge is -2.41. The van der Waals surface area contributed by atoms with Crippen LogP contribution in [0.1, 0.15) is 66.8 Å². The van der Waals surface area contributed by atoms with Crippen LogP contribution in [0.3, 0.4) is 0 Å². The molecule has 7 aromatic carbocycles. The van der Waals surface area contributed by atoms with E-state index in [0.29, 0.717) is 10.0 Å². The molecule has 0 heterocycles. The van der Waals surface area contributed by atoms with E-state index >= 15 is 0 Å². The topological polar surface area (TPSA) is 0 Å². The van der Waals surface area contributed by atoms with Crippen molar-refractivity contribution in [3.63, 3.8) is 0 Å². The van der Waals surface area contributed by atoms with E-state index in [0.717, 1.165) is 40.2 Å². The van der Waals surface area contributed by atoms with Gasteiger partial charge in [-0.25, -0.2) is 0 Å². The molecule has 0 N–H and O–H groups in total. The van der Waals surface area contributed by atoms with Crippen LogP contribution in [0, 0.1) is 0 Å². The summed E-state index contributed by atoms with van der Waals surface area (Å²) in [6.45, 7) is 0. The molecular formula is C48H30Br2Cl2. The molecule has 11 rings (SSSR count). The number of aryl methyl sites for hydroxylation is 2. The predicted octanol–water partition coefficient (Wildman–Crippen LogP) is 13.4. The highest BCUT2D eigenvalue weighted by Gasteiger charge is 2.55. The van der Waals surface area contributed by atoms with Crippen LogP contribution in [0.2, 0.25) is 10.0 Å². The summed E-state index contributed by atoms with van der Waals surface area (Å²) in [7, 11) is 0. The van der Waals surface area contributed by atoms with Crippen molar-refractivity contribution in [1.29, 1.82) is 0 Å². The van der Waals surface area contributed by atoms with Crippen LogP contribution in [0.15, 0.2) is 142 Å². The minimum absolute atomic E-state index is 0.605. The second-order valence-corrected chi connectivity index (χ2v) is 17.2. The molecule has 4 aliphatic rings. The summed E-state index contributed by atoms with van der Waals surface area (Å²) in [6.07, 6.45) is 3.41. The minimum Gasteiger partial charge on any atom is -0.0824 e. The monoisotopic (exact) mass is 834 g/mol. The van der Waals surface area contributed by atoms with E-state index in [1.54, 1.807) is 0 Å².